The summed E-state index contributed by atoms with van der Waals surface area (Å²) < 4.78 is 4.98. The Balaban J connectivity index is 0. The number of aliphatic hydroxyl groups is 1. The van der Waals surface area contributed by atoms with Gasteiger partial charge >= 0.3 is 18.0 Å². The van der Waals surface area contributed by atoms with Gasteiger partial charge in [-0.25, -0.2) is 14.4 Å². The first kappa shape index (κ1) is 52.5. The average Bonchev–Trinajstić information content (AvgIpc) is 3.58. The quantitative estimate of drug-likeness (QED) is 0.140. The molecule has 5 fully saturated rings. The van der Waals surface area contributed by atoms with Crippen molar-refractivity contribution in [2.24, 2.45) is 57.0 Å². The number of hydrogen-bond acceptors (Lipinski definition) is 9. The summed E-state index contributed by atoms with van der Waals surface area (Å²) in [5.41, 5.74) is 3.30. The molecule has 8 amide bonds. The Morgan fingerprint density at radius 2 is 1.08 bits per heavy atom. The number of likely N-dealkylation sites (tertiary alicyclic amines) is 2. The fourth-order valence-corrected chi connectivity index (χ4v) is 10.2. The molecular formula is C47H92N8O9. The number of hydrogen-bond donors (Lipinski definition) is 7. The van der Waals surface area contributed by atoms with Gasteiger partial charge in [0, 0.05) is 37.2 Å². The number of nitrogens with two attached hydrogens (primary N) is 1. The van der Waals surface area contributed by atoms with Crippen molar-refractivity contribution >= 4 is 41.7 Å². The molecule has 3 aliphatic carbocycles. The lowest BCUT2D eigenvalue weighted by molar-refractivity contribution is -0.154. The molecule has 5 aliphatic rings. The maximum absolute atomic E-state index is 13.9. The van der Waals surface area contributed by atoms with Gasteiger partial charge in [0.15, 0.2) is 6.10 Å². The fourth-order valence-electron chi connectivity index (χ4n) is 10.2. The molecule has 0 aromatic rings. The summed E-state index contributed by atoms with van der Waals surface area (Å²) in [5, 5.41) is 24.7. The fraction of sp³-hybridized carbons (Fsp3) is 0.851. The van der Waals surface area contributed by atoms with Crippen molar-refractivity contribution in [2.75, 3.05) is 20.2 Å². The number of aliphatic hydroxyl groups excluding tert-OH is 1. The number of amides is 8. The maximum Gasteiger partial charge on any atom is 0.328 e. The number of nitrogens with zero attached hydrogens (tertiary/aromatic N) is 2. The number of esters is 1. The van der Waals surface area contributed by atoms with Crippen LogP contribution in [-0.2, 0) is 28.7 Å². The molecule has 2 aliphatic heterocycles. The van der Waals surface area contributed by atoms with Gasteiger partial charge in [-0.15, -0.1) is 0 Å². The number of carbonyl (C=O) groups is 7. The standard InChI is InChI=1S/C27H47N5O5.C20H35N3O4.5H2/c1-25(2,3)20(30-24(37)31-26(4,5)6)23(36)32-13-15-17(27(15,7)8)18(32)22(35)29-16(19(33)21(28)34)12-14-10-9-11-14;1-18(2,3)14(21-17(26)22-19(4,5)6)15(24)23-10-11-12(20(11,7)8)13(23)16(25)27-9;;;;;/h14-20,33H,9-13H2,1-8H3,(H2,28,34)(H,29,35)(H2,30,31,37);11-14H,10H2,1-9H3,(H2,21,22,26);5*1H/t15-,16?,17-,18-,19?,20+;11-,12-,13-,14+;;;;;/m00...../s1. The minimum absolute atomic E-state index is 0. The third-order valence-electron chi connectivity index (χ3n) is 14.3. The number of ether oxygens (including phenoxy) is 1. The van der Waals surface area contributed by atoms with E-state index < -0.39 is 76.2 Å². The first-order valence-electron chi connectivity index (χ1n) is 23.1. The zero-order chi connectivity index (χ0) is 49.0. The summed E-state index contributed by atoms with van der Waals surface area (Å²) in [4.78, 5) is 93.5. The maximum atomic E-state index is 13.9. The molecule has 2 saturated heterocycles. The number of fused-ring (bicyclic) bond motifs is 2. The Labute approximate surface area is 389 Å². The third kappa shape index (κ3) is 11.8. The van der Waals surface area contributed by atoms with Gasteiger partial charge in [-0.1, -0.05) is 88.5 Å². The molecule has 0 radical (unpaired) electrons. The van der Waals surface area contributed by atoms with Crippen LogP contribution < -0.4 is 32.3 Å². The van der Waals surface area contributed by atoms with Crippen LogP contribution in [0.15, 0.2) is 0 Å². The van der Waals surface area contributed by atoms with Crippen LogP contribution in [0, 0.1) is 51.2 Å². The van der Waals surface area contributed by atoms with Gasteiger partial charge in [-0.2, -0.15) is 0 Å². The molecule has 3 saturated carbocycles. The number of methoxy groups -OCH3 is 1. The highest BCUT2D eigenvalue weighted by Gasteiger charge is 2.71. The zero-order valence-corrected chi connectivity index (χ0v) is 41.8. The summed E-state index contributed by atoms with van der Waals surface area (Å²) in [7, 11) is 1.35. The van der Waals surface area contributed by atoms with Crippen molar-refractivity contribution in [1.82, 2.24) is 36.4 Å². The first-order chi connectivity index (χ1) is 28.9. The van der Waals surface area contributed by atoms with Crippen LogP contribution in [0.2, 0.25) is 0 Å². The SMILES string of the molecule is CC(C)(C)NC(=O)N[C@H](C(=O)N1C[C@H]2[C@@H]([C@H]1C(=O)NC(CC1CCC1)C(O)C(N)=O)C2(C)C)C(C)(C)C.COC(=O)[C@@H]1[C@@H]2[C@H](CN1C(=O)[C@@H](NC(=O)NC(C)(C)C)C(C)(C)C)C2(C)C.[HH].[HH].[HH].[HH].[HH]. The molecule has 17 heteroatoms. The largest absolute Gasteiger partial charge is 0.467 e. The average molecular weight is 913 g/mol. The Morgan fingerprint density at radius 1 is 0.688 bits per heavy atom. The van der Waals surface area contributed by atoms with E-state index >= 15 is 0 Å². The molecule has 0 aromatic carbocycles. The van der Waals surface area contributed by atoms with Gasteiger partial charge in [-0.3, -0.25) is 19.2 Å². The molecule has 64 heavy (non-hydrogen) atoms. The smallest absolute Gasteiger partial charge is 0.328 e. The number of urea groups is 2. The minimum atomic E-state index is -1.50. The Morgan fingerprint density at radius 3 is 1.41 bits per heavy atom. The van der Waals surface area contributed by atoms with Crippen molar-refractivity contribution < 1.29 is 50.5 Å². The first-order valence-corrected chi connectivity index (χ1v) is 23.1. The second-order valence-corrected chi connectivity index (χ2v) is 24.6. The van der Waals surface area contributed by atoms with Gasteiger partial charge in [0.2, 0.25) is 23.6 Å². The number of piperidine rings is 2. The topological polar surface area (TPSA) is 242 Å². The van der Waals surface area contributed by atoms with Crippen molar-refractivity contribution in [3.05, 3.63) is 0 Å². The zero-order valence-electron chi connectivity index (χ0n) is 41.8. The number of primary amides is 1. The van der Waals surface area contributed by atoms with E-state index in [1.165, 1.54) is 7.11 Å². The van der Waals surface area contributed by atoms with Gasteiger partial charge in [0.25, 0.3) is 0 Å². The minimum Gasteiger partial charge on any atom is -0.467 e. The van der Waals surface area contributed by atoms with Crippen LogP contribution in [0.25, 0.3) is 0 Å². The third-order valence-corrected chi connectivity index (χ3v) is 14.3. The second-order valence-electron chi connectivity index (χ2n) is 24.6. The highest BCUT2D eigenvalue weighted by Crippen LogP contribution is 2.66. The van der Waals surface area contributed by atoms with Gasteiger partial charge in [0.05, 0.1) is 13.2 Å². The van der Waals surface area contributed by atoms with Gasteiger partial charge in [0.1, 0.15) is 24.2 Å². The molecule has 10 atom stereocenters. The van der Waals surface area contributed by atoms with E-state index in [1.54, 1.807) is 9.80 Å². The molecule has 0 spiro atoms. The van der Waals surface area contributed by atoms with Crippen LogP contribution in [0.3, 0.4) is 0 Å². The molecule has 0 aromatic heterocycles. The number of nitrogens with one attached hydrogen (secondary N) is 5. The van der Waals surface area contributed by atoms with Crippen molar-refractivity contribution in [2.45, 2.75) is 184 Å². The lowest BCUT2D eigenvalue weighted by atomic mass is 9.79. The molecule has 374 valence electrons. The van der Waals surface area contributed by atoms with E-state index in [2.05, 4.69) is 54.3 Å². The van der Waals surface area contributed by atoms with E-state index in [-0.39, 0.29) is 65.3 Å². The van der Waals surface area contributed by atoms with E-state index in [4.69, 9.17) is 10.5 Å². The molecular weight excluding hydrogens is 821 g/mol. The second kappa shape index (κ2) is 18.3. The lowest BCUT2D eigenvalue weighted by Gasteiger charge is -2.39. The van der Waals surface area contributed by atoms with Crippen molar-refractivity contribution in [1.29, 1.82) is 0 Å². The molecule has 2 heterocycles. The van der Waals surface area contributed by atoms with E-state index in [0.717, 1.165) is 19.3 Å². The van der Waals surface area contributed by atoms with Crippen LogP contribution in [-0.4, -0.2) is 124 Å². The lowest BCUT2D eigenvalue weighted by Crippen LogP contribution is -2.62. The number of carbonyl (C=O) groups excluding carboxylic acids is 7. The van der Waals surface area contributed by atoms with Gasteiger partial charge in [-0.05, 0) is 93.3 Å². The molecule has 0 bridgehead atoms. The molecule has 2 unspecified atom stereocenters. The molecule has 8 N–H and O–H groups in total. The van der Waals surface area contributed by atoms with Gasteiger partial charge < -0.3 is 52.0 Å². The van der Waals surface area contributed by atoms with Crippen molar-refractivity contribution in [3.8, 4) is 0 Å². The highest BCUT2D eigenvalue weighted by molar-refractivity contribution is 5.95. The predicted octanol–water partition coefficient (Wildman–Crippen LogP) is 4.89. The summed E-state index contributed by atoms with van der Waals surface area (Å²) in [5.74, 6) is -1.37. The Hall–Kier alpha value is -4.15. The normalized spacial score (nSPS) is 27.3. The van der Waals surface area contributed by atoms with Crippen molar-refractivity contribution in [3.63, 3.8) is 0 Å². The van der Waals surface area contributed by atoms with Crippen LogP contribution in [0.5, 0.6) is 0 Å². The van der Waals surface area contributed by atoms with Crippen LogP contribution in [0.4, 0.5) is 9.59 Å². The monoisotopic (exact) mass is 913 g/mol. The summed E-state index contributed by atoms with van der Waals surface area (Å²) in [6.07, 6.45) is 2.03. The van der Waals surface area contributed by atoms with E-state index in [1.807, 2.05) is 83.1 Å². The number of rotatable bonds is 11. The molecule has 17 nitrogen and oxygen atoms in total. The van der Waals surface area contributed by atoms with E-state index in [9.17, 15) is 38.7 Å². The summed E-state index contributed by atoms with van der Waals surface area (Å²) in [6, 6.07) is -4.58. The Bertz CT molecular complexity index is 1830. The van der Waals surface area contributed by atoms with E-state index in [0.29, 0.717) is 25.4 Å². The summed E-state index contributed by atoms with van der Waals surface area (Å²) in [6.45, 7) is 31.9. The van der Waals surface area contributed by atoms with Crippen LogP contribution in [0.1, 0.15) is 144 Å². The van der Waals surface area contributed by atoms with Crippen LogP contribution >= 0.6 is 0 Å². The molecule has 5 rings (SSSR count). The highest BCUT2D eigenvalue weighted by atomic mass is 16.5. The Kier molecular flexibility index (Phi) is 15.0. The predicted molar refractivity (Wildman–Crippen MR) is 254 cm³/mol. The summed E-state index contributed by atoms with van der Waals surface area (Å²) >= 11 is 0.